The maximum Gasteiger partial charge on any atom is 0.282 e. The summed E-state index contributed by atoms with van der Waals surface area (Å²) in [4.78, 5) is 0. The molecule has 7 heteroatoms. The molecule has 1 N–H and O–H groups in total. The molecule has 6 nitrogen and oxygen atoms in total. The van der Waals surface area contributed by atoms with E-state index >= 15 is 0 Å². The predicted molar refractivity (Wildman–Crippen MR) is 83.4 cm³/mol. The number of rotatable bonds is 7. The van der Waals surface area contributed by atoms with Gasteiger partial charge in [-0.25, -0.2) is 0 Å². The quantitative estimate of drug-likeness (QED) is 0.705. The van der Waals surface area contributed by atoms with Crippen LogP contribution in [0.15, 0.2) is 0 Å². The lowest BCUT2D eigenvalue weighted by atomic mass is 10.1. The Balaban J connectivity index is 2.01. The number of methoxy groups -OCH3 is 1. The van der Waals surface area contributed by atoms with E-state index in [1.165, 1.54) is 0 Å². The molecule has 21 heavy (non-hydrogen) atoms. The van der Waals surface area contributed by atoms with Crippen molar-refractivity contribution < 1.29 is 13.2 Å². The molecule has 2 heterocycles. The molecule has 2 saturated heterocycles. The Morgan fingerprint density at radius 1 is 1.24 bits per heavy atom. The van der Waals surface area contributed by atoms with Crippen molar-refractivity contribution in [2.45, 2.75) is 51.2 Å². The number of nitrogens with one attached hydrogen (secondary N) is 1. The van der Waals surface area contributed by atoms with Crippen molar-refractivity contribution in [1.29, 1.82) is 0 Å². The molecular formula is C14H29N3O3S. The van der Waals surface area contributed by atoms with E-state index in [0.717, 1.165) is 45.2 Å². The zero-order valence-electron chi connectivity index (χ0n) is 13.3. The fourth-order valence-corrected chi connectivity index (χ4v) is 5.08. The third-order valence-corrected chi connectivity index (χ3v) is 6.50. The molecule has 0 aromatic rings. The lowest BCUT2D eigenvalue weighted by Gasteiger charge is -2.37. The van der Waals surface area contributed by atoms with Gasteiger partial charge in [0.05, 0.1) is 6.10 Å². The van der Waals surface area contributed by atoms with Gasteiger partial charge in [-0.2, -0.15) is 17.0 Å². The van der Waals surface area contributed by atoms with Crippen molar-refractivity contribution in [3.05, 3.63) is 0 Å². The molecule has 2 rings (SSSR count). The van der Waals surface area contributed by atoms with Gasteiger partial charge in [0.25, 0.3) is 10.2 Å². The first-order chi connectivity index (χ1) is 10.1. The maximum atomic E-state index is 12.9. The highest BCUT2D eigenvalue weighted by atomic mass is 32.2. The SMILES string of the molecule is CCCNCC1CCCCN1S(=O)(=O)N1CCC(OC)C1. The van der Waals surface area contributed by atoms with Gasteiger partial charge in [0.15, 0.2) is 0 Å². The molecule has 0 saturated carbocycles. The topological polar surface area (TPSA) is 61.9 Å². The number of nitrogens with zero attached hydrogens (tertiary/aromatic N) is 2. The summed E-state index contributed by atoms with van der Waals surface area (Å²) in [5, 5.41) is 3.37. The van der Waals surface area contributed by atoms with Crippen LogP contribution in [-0.4, -0.2) is 69.0 Å². The summed E-state index contributed by atoms with van der Waals surface area (Å²) >= 11 is 0. The summed E-state index contributed by atoms with van der Waals surface area (Å²) in [6.45, 7) is 5.54. The summed E-state index contributed by atoms with van der Waals surface area (Å²) in [6, 6.07) is 0.0943. The van der Waals surface area contributed by atoms with E-state index in [-0.39, 0.29) is 12.1 Å². The molecule has 0 aromatic heterocycles. The van der Waals surface area contributed by atoms with Crippen LogP contribution >= 0.6 is 0 Å². The number of hydrogen-bond donors (Lipinski definition) is 1. The van der Waals surface area contributed by atoms with E-state index in [2.05, 4.69) is 12.2 Å². The Bertz CT molecular complexity index is 416. The maximum absolute atomic E-state index is 12.9. The van der Waals surface area contributed by atoms with Crippen LogP contribution in [0.2, 0.25) is 0 Å². The highest BCUT2D eigenvalue weighted by Gasteiger charge is 2.39. The lowest BCUT2D eigenvalue weighted by molar-refractivity contribution is 0.114. The van der Waals surface area contributed by atoms with Crippen LogP contribution < -0.4 is 5.32 Å². The molecule has 124 valence electrons. The zero-order valence-corrected chi connectivity index (χ0v) is 14.1. The Morgan fingerprint density at radius 3 is 2.71 bits per heavy atom. The van der Waals surface area contributed by atoms with Gasteiger partial charge >= 0.3 is 0 Å². The second kappa shape index (κ2) is 7.87. The molecule has 0 aromatic carbocycles. The minimum absolute atomic E-state index is 0.0428. The number of ether oxygens (including phenoxy) is 1. The van der Waals surface area contributed by atoms with E-state index < -0.39 is 10.2 Å². The van der Waals surface area contributed by atoms with Gasteiger partial charge in [0.2, 0.25) is 0 Å². The summed E-state index contributed by atoms with van der Waals surface area (Å²) in [6.07, 6.45) is 4.94. The van der Waals surface area contributed by atoms with Gasteiger partial charge in [-0.3, -0.25) is 0 Å². The molecule has 0 aliphatic carbocycles. The second-order valence-electron chi connectivity index (χ2n) is 5.98. The molecule has 0 amide bonds. The van der Waals surface area contributed by atoms with E-state index in [4.69, 9.17) is 4.74 Å². The van der Waals surface area contributed by atoms with Gasteiger partial charge in [-0.05, 0) is 32.2 Å². The Morgan fingerprint density at radius 2 is 2.05 bits per heavy atom. The van der Waals surface area contributed by atoms with Gasteiger partial charge < -0.3 is 10.1 Å². The van der Waals surface area contributed by atoms with Gasteiger partial charge in [-0.1, -0.05) is 13.3 Å². The van der Waals surface area contributed by atoms with Crippen LogP contribution in [0.25, 0.3) is 0 Å². The molecule has 2 fully saturated rings. The largest absolute Gasteiger partial charge is 0.380 e. The van der Waals surface area contributed by atoms with E-state index in [9.17, 15) is 8.42 Å². The van der Waals surface area contributed by atoms with Crippen molar-refractivity contribution in [2.75, 3.05) is 39.8 Å². The normalized spacial score (nSPS) is 29.0. The first kappa shape index (κ1) is 17.1. The first-order valence-electron chi connectivity index (χ1n) is 8.10. The smallest absolute Gasteiger partial charge is 0.282 e. The van der Waals surface area contributed by atoms with Crippen molar-refractivity contribution in [3.8, 4) is 0 Å². The second-order valence-corrected chi connectivity index (χ2v) is 7.86. The molecule has 2 aliphatic rings. The molecule has 0 radical (unpaired) electrons. The molecule has 0 spiro atoms. The van der Waals surface area contributed by atoms with Gasteiger partial charge in [0.1, 0.15) is 0 Å². The first-order valence-corrected chi connectivity index (χ1v) is 9.49. The van der Waals surface area contributed by atoms with Crippen LogP contribution in [0, 0.1) is 0 Å². The van der Waals surface area contributed by atoms with Crippen molar-refractivity contribution in [1.82, 2.24) is 13.9 Å². The van der Waals surface area contributed by atoms with Crippen LogP contribution in [-0.2, 0) is 14.9 Å². The van der Waals surface area contributed by atoms with Crippen molar-refractivity contribution in [2.24, 2.45) is 0 Å². The average molecular weight is 319 g/mol. The standard InChI is InChI=1S/C14H29N3O3S/c1-3-8-15-11-13-6-4-5-9-17(13)21(18,19)16-10-7-14(12-16)20-2/h13-15H,3-12H2,1-2H3. The fraction of sp³-hybridized carbons (Fsp3) is 1.00. The third kappa shape index (κ3) is 4.16. The van der Waals surface area contributed by atoms with Crippen LogP contribution in [0.3, 0.4) is 0 Å². The van der Waals surface area contributed by atoms with Crippen LogP contribution in [0.5, 0.6) is 0 Å². The monoisotopic (exact) mass is 319 g/mol. The van der Waals surface area contributed by atoms with Crippen molar-refractivity contribution >= 4 is 10.2 Å². The van der Waals surface area contributed by atoms with E-state index in [0.29, 0.717) is 19.6 Å². The van der Waals surface area contributed by atoms with E-state index in [1.54, 1.807) is 15.7 Å². The Hall–Kier alpha value is -0.210. The molecular weight excluding hydrogens is 290 g/mol. The summed E-state index contributed by atoms with van der Waals surface area (Å²) in [5.41, 5.74) is 0. The Kier molecular flexibility index (Phi) is 6.43. The summed E-state index contributed by atoms with van der Waals surface area (Å²) < 4.78 is 34.3. The van der Waals surface area contributed by atoms with Gasteiger partial charge in [0, 0.05) is 39.3 Å². The molecule has 2 atom stereocenters. The van der Waals surface area contributed by atoms with Crippen molar-refractivity contribution in [3.63, 3.8) is 0 Å². The minimum atomic E-state index is -3.34. The third-order valence-electron chi connectivity index (χ3n) is 4.44. The minimum Gasteiger partial charge on any atom is -0.380 e. The summed E-state index contributed by atoms with van der Waals surface area (Å²) in [5.74, 6) is 0. The summed E-state index contributed by atoms with van der Waals surface area (Å²) in [7, 11) is -1.69. The van der Waals surface area contributed by atoms with Crippen LogP contribution in [0.4, 0.5) is 0 Å². The highest BCUT2D eigenvalue weighted by Crippen LogP contribution is 2.25. The van der Waals surface area contributed by atoms with E-state index in [1.807, 2.05) is 0 Å². The fourth-order valence-electron chi connectivity index (χ4n) is 3.18. The molecule has 0 bridgehead atoms. The molecule has 2 aliphatic heterocycles. The lowest BCUT2D eigenvalue weighted by Crippen LogP contribution is -2.53. The van der Waals surface area contributed by atoms with Crippen LogP contribution in [0.1, 0.15) is 39.0 Å². The molecule has 2 unspecified atom stereocenters. The number of hydrogen-bond acceptors (Lipinski definition) is 4. The zero-order chi connectivity index (χ0) is 15.3. The Labute approximate surface area is 129 Å². The average Bonchev–Trinajstić information content (AvgIpc) is 2.98. The number of piperidine rings is 1. The highest BCUT2D eigenvalue weighted by molar-refractivity contribution is 7.86. The predicted octanol–water partition coefficient (Wildman–Crippen LogP) is 0.806. The van der Waals surface area contributed by atoms with Gasteiger partial charge in [-0.15, -0.1) is 0 Å².